The van der Waals surface area contributed by atoms with Crippen LogP contribution >= 0.6 is 11.3 Å². The van der Waals surface area contributed by atoms with E-state index in [9.17, 15) is 4.79 Å². The standard InChI is InChI=1S/C23H32N2OS/c1-6-23(3,4)25(5)20-12-8-7-11-19(20)24-22(26)15-17-10-9-13-21-18(17)14-16(2)27-21/h6,9-10,13-14,19-20H,1,7-8,11-12,15H2,2-5H3,(H,24,26)/t19-,20-/m1/s1. The lowest BCUT2D eigenvalue weighted by atomic mass is 9.86. The Hall–Kier alpha value is -1.65. The molecule has 1 amide bonds. The molecule has 0 bridgehead atoms. The molecule has 4 heteroatoms. The molecule has 27 heavy (non-hydrogen) atoms. The molecular weight excluding hydrogens is 352 g/mol. The second kappa shape index (κ2) is 8.15. The maximum Gasteiger partial charge on any atom is 0.224 e. The van der Waals surface area contributed by atoms with Gasteiger partial charge in [-0.1, -0.05) is 31.1 Å². The van der Waals surface area contributed by atoms with Gasteiger partial charge in [0.15, 0.2) is 0 Å². The first kappa shape index (κ1) is 20.1. The number of carbonyl (C=O) groups excluding carboxylic acids is 1. The van der Waals surface area contributed by atoms with Crippen LogP contribution in [0.2, 0.25) is 0 Å². The largest absolute Gasteiger partial charge is 0.352 e. The fourth-order valence-corrected chi connectivity index (χ4v) is 5.12. The van der Waals surface area contributed by atoms with Gasteiger partial charge in [-0.15, -0.1) is 17.9 Å². The fourth-order valence-electron chi connectivity index (χ4n) is 4.15. The van der Waals surface area contributed by atoms with Gasteiger partial charge >= 0.3 is 0 Å². The van der Waals surface area contributed by atoms with Crippen molar-refractivity contribution in [2.75, 3.05) is 7.05 Å². The second-order valence-electron chi connectivity index (χ2n) is 8.36. The van der Waals surface area contributed by atoms with E-state index in [4.69, 9.17) is 0 Å². The molecule has 1 saturated carbocycles. The SMILES string of the molecule is C=CC(C)(C)N(C)[C@@H]1CCCC[C@H]1NC(=O)Cc1cccc2sc(C)cc12. The first-order chi connectivity index (χ1) is 12.8. The highest BCUT2D eigenvalue weighted by Crippen LogP contribution is 2.30. The Bertz CT molecular complexity index is 823. The number of carbonyl (C=O) groups is 1. The monoisotopic (exact) mass is 384 g/mol. The number of likely N-dealkylation sites (N-methyl/N-ethyl adjacent to an activating group) is 1. The normalized spacial score (nSPS) is 20.8. The van der Waals surface area contributed by atoms with Crippen molar-refractivity contribution in [1.29, 1.82) is 0 Å². The number of amides is 1. The summed E-state index contributed by atoms with van der Waals surface area (Å²) in [6.07, 6.45) is 7.03. The smallest absolute Gasteiger partial charge is 0.224 e. The van der Waals surface area contributed by atoms with Crippen LogP contribution in [-0.4, -0.2) is 35.5 Å². The summed E-state index contributed by atoms with van der Waals surface area (Å²) in [7, 11) is 2.16. The zero-order valence-corrected chi connectivity index (χ0v) is 17.9. The quantitative estimate of drug-likeness (QED) is 0.705. The van der Waals surface area contributed by atoms with E-state index in [2.05, 4.69) is 68.9 Å². The average Bonchev–Trinajstić information content (AvgIpc) is 3.03. The van der Waals surface area contributed by atoms with E-state index in [1.165, 1.54) is 27.8 Å². The number of thiophene rings is 1. The van der Waals surface area contributed by atoms with Crippen LogP contribution in [0, 0.1) is 6.92 Å². The molecule has 0 saturated heterocycles. The van der Waals surface area contributed by atoms with Gasteiger partial charge in [0.25, 0.3) is 0 Å². The van der Waals surface area contributed by atoms with Crippen molar-refractivity contribution < 1.29 is 4.79 Å². The molecule has 1 heterocycles. The number of nitrogens with one attached hydrogen (secondary N) is 1. The predicted molar refractivity (Wildman–Crippen MR) is 116 cm³/mol. The highest BCUT2D eigenvalue weighted by molar-refractivity contribution is 7.19. The molecule has 1 aromatic carbocycles. The predicted octanol–water partition coefficient (Wildman–Crippen LogP) is 5.08. The molecule has 0 unspecified atom stereocenters. The summed E-state index contributed by atoms with van der Waals surface area (Å²) in [6.45, 7) is 10.5. The van der Waals surface area contributed by atoms with Crippen molar-refractivity contribution in [3.8, 4) is 0 Å². The zero-order chi connectivity index (χ0) is 19.6. The topological polar surface area (TPSA) is 32.3 Å². The minimum absolute atomic E-state index is 0.0786. The Labute approximate surface area is 167 Å². The van der Waals surface area contributed by atoms with E-state index in [0.29, 0.717) is 12.5 Å². The molecule has 3 nitrogen and oxygen atoms in total. The highest BCUT2D eigenvalue weighted by atomic mass is 32.1. The lowest BCUT2D eigenvalue weighted by Crippen LogP contribution is -2.57. The van der Waals surface area contributed by atoms with E-state index in [0.717, 1.165) is 18.4 Å². The average molecular weight is 385 g/mol. The van der Waals surface area contributed by atoms with Gasteiger partial charge in [0.05, 0.1) is 6.42 Å². The van der Waals surface area contributed by atoms with Gasteiger partial charge in [-0.25, -0.2) is 0 Å². The van der Waals surface area contributed by atoms with Crippen molar-refractivity contribution in [1.82, 2.24) is 10.2 Å². The molecule has 1 fully saturated rings. The van der Waals surface area contributed by atoms with Crippen LogP contribution in [0.15, 0.2) is 36.9 Å². The van der Waals surface area contributed by atoms with Crippen LogP contribution in [-0.2, 0) is 11.2 Å². The Balaban J connectivity index is 1.72. The number of hydrogen-bond donors (Lipinski definition) is 1. The number of rotatable bonds is 6. The van der Waals surface area contributed by atoms with Gasteiger partial charge in [0, 0.05) is 27.2 Å². The first-order valence-electron chi connectivity index (χ1n) is 9.96. The number of aryl methyl sites for hydroxylation is 1. The Morgan fingerprint density at radius 1 is 1.37 bits per heavy atom. The maximum atomic E-state index is 12.9. The van der Waals surface area contributed by atoms with Gasteiger partial charge in [-0.3, -0.25) is 9.69 Å². The van der Waals surface area contributed by atoms with Crippen molar-refractivity contribution in [2.45, 2.75) is 70.5 Å². The number of hydrogen-bond acceptors (Lipinski definition) is 3. The molecule has 0 spiro atoms. The highest BCUT2D eigenvalue weighted by Gasteiger charge is 2.34. The van der Waals surface area contributed by atoms with Crippen molar-refractivity contribution in [2.24, 2.45) is 0 Å². The Kier molecular flexibility index (Phi) is 6.07. The number of fused-ring (bicyclic) bond motifs is 1. The molecule has 0 aliphatic heterocycles. The van der Waals surface area contributed by atoms with Crippen molar-refractivity contribution >= 4 is 27.3 Å². The minimum Gasteiger partial charge on any atom is -0.352 e. The molecular formula is C23H32N2OS. The summed E-state index contributed by atoms with van der Waals surface area (Å²) in [5.74, 6) is 0.132. The van der Waals surface area contributed by atoms with E-state index in [1.807, 2.05) is 6.08 Å². The molecule has 2 aromatic rings. The zero-order valence-electron chi connectivity index (χ0n) is 17.0. The van der Waals surface area contributed by atoms with Gasteiger partial charge in [0.2, 0.25) is 5.91 Å². The van der Waals surface area contributed by atoms with Crippen LogP contribution in [0.1, 0.15) is 50.0 Å². The van der Waals surface area contributed by atoms with Crippen LogP contribution in [0.4, 0.5) is 0 Å². The van der Waals surface area contributed by atoms with Crippen molar-refractivity contribution in [3.05, 3.63) is 47.4 Å². The van der Waals surface area contributed by atoms with Crippen LogP contribution in [0.5, 0.6) is 0 Å². The molecule has 0 radical (unpaired) electrons. The van der Waals surface area contributed by atoms with Gasteiger partial charge < -0.3 is 5.32 Å². The summed E-state index contributed by atoms with van der Waals surface area (Å²) in [5.41, 5.74) is 1.05. The maximum absolute atomic E-state index is 12.9. The summed E-state index contributed by atoms with van der Waals surface area (Å²) < 4.78 is 1.26. The summed E-state index contributed by atoms with van der Waals surface area (Å²) in [5, 5.41) is 4.58. The van der Waals surface area contributed by atoms with Crippen LogP contribution in [0.25, 0.3) is 10.1 Å². The van der Waals surface area contributed by atoms with E-state index in [1.54, 1.807) is 11.3 Å². The molecule has 1 N–H and O–H groups in total. The Morgan fingerprint density at radius 2 is 2.11 bits per heavy atom. The molecule has 2 atom stereocenters. The minimum atomic E-state index is -0.0786. The third-order valence-electron chi connectivity index (χ3n) is 6.11. The number of benzene rings is 1. The molecule has 3 rings (SSSR count). The Morgan fingerprint density at radius 3 is 2.85 bits per heavy atom. The van der Waals surface area contributed by atoms with Gasteiger partial charge in [-0.05, 0) is 63.7 Å². The van der Waals surface area contributed by atoms with Crippen LogP contribution < -0.4 is 5.32 Å². The van der Waals surface area contributed by atoms with Crippen LogP contribution in [0.3, 0.4) is 0 Å². The number of nitrogens with zero attached hydrogens (tertiary/aromatic N) is 1. The van der Waals surface area contributed by atoms with E-state index >= 15 is 0 Å². The fraction of sp³-hybridized carbons (Fsp3) is 0.522. The molecule has 1 aliphatic carbocycles. The summed E-state index contributed by atoms with van der Waals surface area (Å²) in [4.78, 5) is 16.5. The second-order valence-corrected chi connectivity index (χ2v) is 9.65. The third kappa shape index (κ3) is 4.44. The molecule has 146 valence electrons. The summed E-state index contributed by atoms with van der Waals surface area (Å²) in [6, 6.07) is 9.04. The molecule has 1 aliphatic rings. The third-order valence-corrected chi connectivity index (χ3v) is 7.12. The van der Waals surface area contributed by atoms with E-state index < -0.39 is 0 Å². The van der Waals surface area contributed by atoms with Gasteiger partial charge in [-0.2, -0.15) is 0 Å². The lowest BCUT2D eigenvalue weighted by Gasteiger charge is -2.45. The van der Waals surface area contributed by atoms with Crippen molar-refractivity contribution in [3.63, 3.8) is 0 Å². The van der Waals surface area contributed by atoms with Gasteiger partial charge in [0.1, 0.15) is 0 Å². The van der Waals surface area contributed by atoms with E-state index in [-0.39, 0.29) is 17.5 Å². The lowest BCUT2D eigenvalue weighted by molar-refractivity contribution is -0.122. The molecule has 1 aromatic heterocycles. The summed E-state index contributed by atoms with van der Waals surface area (Å²) >= 11 is 1.79. The first-order valence-corrected chi connectivity index (χ1v) is 10.8.